The lowest BCUT2D eigenvalue weighted by Crippen LogP contribution is -2.49. The molecule has 0 aliphatic heterocycles. The van der Waals surface area contributed by atoms with Gasteiger partial charge in [-0.25, -0.2) is 10.2 Å². The molecule has 2 amide bonds. The highest BCUT2D eigenvalue weighted by atomic mass is 16.2. The number of urea groups is 1. The maximum absolute atomic E-state index is 10.9. The Kier molecular flexibility index (Phi) is 3.77. The number of fused-ring (bicyclic) bond motifs is 5. The summed E-state index contributed by atoms with van der Waals surface area (Å²) in [5.41, 5.74) is 11.1. The number of rotatable bonds is 1. The summed E-state index contributed by atoms with van der Waals surface area (Å²) in [7, 11) is 0. The van der Waals surface area contributed by atoms with E-state index in [2.05, 4.69) is 30.5 Å². The molecule has 4 aliphatic carbocycles. The largest absolute Gasteiger partial charge is 0.350 e. The molecule has 4 aliphatic rings. The van der Waals surface area contributed by atoms with Gasteiger partial charge in [0.25, 0.3) is 0 Å². The Labute approximate surface area is 145 Å². The van der Waals surface area contributed by atoms with Gasteiger partial charge in [-0.3, -0.25) is 0 Å². The summed E-state index contributed by atoms with van der Waals surface area (Å²) in [5, 5.41) is 4.19. The Morgan fingerprint density at radius 1 is 1.17 bits per heavy atom. The second-order valence-electron chi connectivity index (χ2n) is 9.17. The second-order valence-corrected chi connectivity index (χ2v) is 9.17. The summed E-state index contributed by atoms with van der Waals surface area (Å²) in [6, 6.07) is -0.578. The maximum atomic E-state index is 10.9. The van der Waals surface area contributed by atoms with Crippen molar-refractivity contribution in [1.29, 1.82) is 0 Å². The summed E-state index contributed by atoms with van der Waals surface area (Å²) in [4.78, 5) is 10.9. The van der Waals surface area contributed by atoms with Crippen molar-refractivity contribution < 1.29 is 4.79 Å². The van der Waals surface area contributed by atoms with Crippen molar-refractivity contribution in [2.75, 3.05) is 0 Å². The van der Waals surface area contributed by atoms with Crippen molar-refractivity contribution >= 4 is 11.7 Å². The molecule has 3 fully saturated rings. The number of nitrogens with zero attached hydrogens (tertiary/aromatic N) is 1. The summed E-state index contributed by atoms with van der Waals surface area (Å²) in [6.45, 7) is 5.07. The minimum Gasteiger partial charge on any atom is -0.350 e. The third-order valence-electron chi connectivity index (χ3n) is 8.07. The number of carbonyl (C=O) groups excluding carboxylic acids is 1. The number of hydrogen-bond acceptors (Lipinski definition) is 2. The predicted octanol–water partition coefficient (Wildman–Crippen LogP) is 4.36. The maximum Gasteiger partial charge on any atom is 0.332 e. The Bertz CT molecular complexity index is 610. The normalized spacial score (nSPS) is 45.8. The van der Waals surface area contributed by atoms with Crippen molar-refractivity contribution in [3.05, 3.63) is 11.6 Å². The first-order valence-corrected chi connectivity index (χ1v) is 9.75. The molecule has 0 spiro atoms. The Morgan fingerprint density at radius 2 is 2.00 bits per heavy atom. The molecule has 0 saturated heterocycles. The Balaban J connectivity index is 1.60. The second kappa shape index (κ2) is 5.60. The van der Waals surface area contributed by atoms with Crippen LogP contribution in [0.4, 0.5) is 4.79 Å². The number of amides is 2. The summed E-state index contributed by atoms with van der Waals surface area (Å²) >= 11 is 0. The molecule has 4 rings (SSSR count). The number of hydrazone groups is 1. The van der Waals surface area contributed by atoms with Crippen LogP contribution >= 0.6 is 0 Å². The molecular formula is C20H31N3O. The van der Waals surface area contributed by atoms with Gasteiger partial charge in [0, 0.05) is 0 Å². The molecule has 24 heavy (non-hydrogen) atoms. The van der Waals surface area contributed by atoms with Crippen molar-refractivity contribution in [1.82, 2.24) is 5.43 Å². The van der Waals surface area contributed by atoms with Gasteiger partial charge < -0.3 is 5.73 Å². The molecule has 3 saturated carbocycles. The average molecular weight is 329 g/mol. The van der Waals surface area contributed by atoms with Crippen LogP contribution < -0.4 is 11.2 Å². The first-order chi connectivity index (χ1) is 11.4. The van der Waals surface area contributed by atoms with Crippen LogP contribution in [0, 0.1) is 28.6 Å². The quantitative estimate of drug-likeness (QED) is 0.689. The molecular weight excluding hydrogens is 298 g/mol. The number of primary amides is 1. The zero-order chi connectivity index (χ0) is 16.9. The lowest BCUT2D eigenvalue weighted by atomic mass is 9.47. The standard InChI is InChI=1S/C20H31N3O/c1-19-9-3-4-16(19)15-6-5-13-12-14(22-23-18(21)24)7-11-20(13,2)17(15)8-10-19/h12,15-17H,3-11H2,1-2H3,(H3,21,23,24)/b22-14-/t15-,16-,17-,19-,20-/m0/s1. The monoisotopic (exact) mass is 329 g/mol. The Morgan fingerprint density at radius 3 is 2.79 bits per heavy atom. The molecule has 0 heterocycles. The smallest absolute Gasteiger partial charge is 0.332 e. The number of allylic oxidation sites excluding steroid dienone is 2. The minimum absolute atomic E-state index is 0.346. The van der Waals surface area contributed by atoms with Crippen LogP contribution in [0.2, 0.25) is 0 Å². The lowest BCUT2D eigenvalue weighted by Gasteiger charge is -2.57. The van der Waals surface area contributed by atoms with Gasteiger partial charge in [0.1, 0.15) is 0 Å². The third kappa shape index (κ3) is 2.41. The third-order valence-corrected chi connectivity index (χ3v) is 8.07. The van der Waals surface area contributed by atoms with Gasteiger partial charge in [0.15, 0.2) is 0 Å². The zero-order valence-corrected chi connectivity index (χ0v) is 15.1. The number of carbonyl (C=O) groups is 1. The molecule has 0 aromatic heterocycles. The van der Waals surface area contributed by atoms with E-state index in [0.29, 0.717) is 10.8 Å². The van der Waals surface area contributed by atoms with Crippen LogP contribution in [0.5, 0.6) is 0 Å². The van der Waals surface area contributed by atoms with E-state index >= 15 is 0 Å². The molecule has 5 atom stereocenters. The van der Waals surface area contributed by atoms with E-state index in [4.69, 9.17) is 5.73 Å². The fraction of sp³-hybridized carbons (Fsp3) is 0.800. The highest BCUT2D eigenvalue weighted by Crippen LogP contribution is 2.65. The van der Waals surface area contributed by atoms with Crippen molar-refractivity contribution in [3.8, 4) is 0 Å². The molecule has 0 aromatic rings. The van der Waals surface area contributed by atoms with Crippen molar-refractivity contribution in [3.63, 3.8) is 0 Å². The molecule has 4 nitrogen and oxygen atoms in total. The molecule has 0 unspecified atom stereocenters. The fourth-order valence-electron chi connectivity index (χ4n) is 6.78. The van der Waals surface area contributed by atoms with Gasteiger partial charge in [-0.2, -0.15) is 5.10 Å². The van der Waals surface area contributed by atoms with Gasteiger partial charge >= 0.3 is 6.03 Å². The fourth-order valence-corrected chi connectivity index (χ4v) is 6.78. The number of nitrogens with two attached hydrogens (primary N) is 1. The van der Waals surface area contributed by atoms with Crippen LogP contribution in [0.3, 0.4) is 0 Å². The van der Waals surface area contributed by atoms with E-state index in [0.717, 1.165) is 29.9 Å². The van der Waals surface area contributed by atoms with Crippen LogP contribution in [0.1, 0.15) is 71.6 Å². The molecule has 3 N–H and O–H groups in total. The van der Waals surface area contributed by atoms with E-state index in [1.807, 2.05) is 0 Å². The van der Waals surface area contributed by atoms with E-state index in [9.17, 15) is 4.79 Å². The summed E-state index contributed by atoms with van der Waals surface area (Å²) in [5.74, 6) is 2.73. The zero-order valence-electron chi connectivity index (χ0n) is 15.1. The van der Waals surface area contributed by atoms with Gasteiger partial charge in [-0.15, -0.1) is 0 Å². The molecule has 0 aromatic carbocycles. The highest BCUT2D eigenvalue weighted by Gasteiger charge is 2.55. The average Bonchev–Trinajstić information content (AvgIpc) is 2.94. The van der Waals surface area contributed by atoms with Crippen LogP contribution in [0.25, 0.3) is 0 Å². The van der Waals surface area contributed by atoms with Gasteiger partial charge in [-0.1, -0.05) is 25.8 Å². The van der Waals surface area contributed by atoms with E-state index in [-0.39, 0.29) is 0 Å². The molecule has 4 heteroatoms. The molecule has 0 bridgehead atoms. The van der Waals surface area contributed by atoms with E-state index < -0.39 is 6.03 Å². The first-order valence-electron chi connectivity index (χ1n) is 9.75. The van der Waals surface area contributed by atoms with E-state index in [1.165, 1.54) is 51.4 Å². The Hall–Kier alpha value is -1.32. The number of hydrogen-bond donors (Lipinski definition) is 2. The predicted molar refractivity (Wildman–Crippen MR) is 96.5 cm³/mol. The molecule has 132 valence electrons. The van der Waals surface area contributed by atoms with Crippen LogP contribution in [-0.4, -0.2) is 11.7 Å². The SMILES string of the molecule is C[C@@]12CCC[C@H]1[C@@H]1CCC3=C/C(=N\NC(N)=O)CC[C@]3(C)[C@H]1CC2. The first kappa shape index (κ1) is 16.2. The minimum atomic E-state index is -0.578. The van der Waals surface area contributed by atoms with Crippen molar-refractivity contribution in [2.24, 2.45) is 39.4 Å². The van der Waals surface area contributed by atoms with E-state index in [1.54, 1.807) is 5.57 Å². The molecule has 0 radical (unpaired) electrons. The van der Waals surface area contributed by atoms with Crippen LogP contribution in [-0.2, 0) is 0 Å². The topological polar surface area (TPSA) is 67.5 Å². The number of nitrogens with one attached hydrogen (secondary N) is 1. The van der Waals surface area contributed by atoms with Crippen molar-refractivity contribution in [2.45, 2.75) is 71.6 Å². The highest BCUT2D eigenvalue weighted by molar-refractivity contribution is 5.97. The lowest BCUT2D eigenvalue weighted by molar-refractivity contribution is -0.0335. The summed E-state index contributed by atoms with van der Waals surface area (Å²) in [6.07, 6.45) is 14.1. The van der Waals surface area contributed by atoms with Gasteiger partial charge in [0.05, 0.1) is 5.71 Å². The summed E-state index contributed by atoms with van der Waals surface area (Å²) < 4.78 is 0. The van der Waals surface area contributed by atoms with Gasteiger partial charge in [-0.05, 0) is 86.0 Å². The van der Waals surface area contributed by atoms with Crippen LogP contribution in [0.15, 0.2) is 16.8 Å². The van der Waals surface area contributed by atoms with Gasteiger partial charge in [0.2, 0.25) is 0 Å².